The lowest BCUT2D eigenvalue weighted by molar-refractivity contribution is -0.140. The lowest BCUT2D eigenvalue weighted by Crippen LogP contribution is -2.46. The Morgan fingerprint density at radius 1 is 1.06 bits per heavy atom. The van der Waals surface area contributed by atoms with Crippen LogP contribution in [-0.2, 0) is 26.2 Å². The SMILES string of the molecule is CNC(=O)[C@H](C)N(Cc1ccc(Cl)c(Cl)c1)C(=O)CCCN(c1ccc(C)cc1)S(C)(=O)=O. The van der Waals surface area contributed by atoms with E-state index in [9.17, 15) is 18.0 Å². The number of likely N-dealkylation sites (N-methyl/N-ethyl adjacent to an activating group) is 1. The van der Waals surface area contributed by atoms with Gasteiger partial charge in [-0.2, -0.15) is 0 Å². The molecule has 2 amide bonds. The van der Waals surface area contributed by atoms with Gasteiger partial charge in [-0.1, -0.05) is 47.0 Å². The van der Waals surface area contributed by atoms with Crippen LogP contribution >= 0.6 is 23.2 Å². The van der Waals surface area contributed by atoms with Crippen LogP contribution in [0.15, 0.2) is 42.5 Å². The van der Waals surface area contributed by atoms with Gasteiger partial charge < -0.3 is 10.2 Å². The number of hydrogen-bond donors (Lipinski definition) is 1. The Hall–Kier alpha value is -2.29. The minimum absolute atomic E-state index is 0.0700. The molecule has 7 nitrogen and oxygen atoms in total. The summed E-state index contributed by atoms with van der Waals surface area (Å²) in [5.41, 5.74) is 2.29. The van der Waals surface area contributed by atoms with Crippen molar-refractivity contribution in [2.24, 2.45) is 0 Å². The van der Waals surface area contributed by atoms with E-state index >= 15 is 0 Å². The van der Waals surface area contributed by atoms with E-state index in [0.29, 0.717) is 15.7 Å². The van der Waals surface area contributed by atoms with Gasteiger partial charge in [0.25, 0.3) is 0 Å². The fraction of sp³-hybridized carbons (Fsp3) is 0.391. The highest BCUT2D eigenvalue weighted by atomic mass is 35.5. The number of anilines is 1. The zero-order valence-corrected chi connectivity index (χ0v) is 21.5. The smallest absolute Gasteiger partial charge is 0.242 e. The number of nitrogens with one attached hydrogen (secondary N) is 1. The molecule has 0 heterocycles. The van der Waals surface area contributed by atoms with Gasteiger partial charge in [0.05, 0.1) is 22.0 Å². The molecule has 0 aliphatic heterocycles. The summed E-state index contributed by atoms with van der Waals surface area (Å²) in [7, 11) is -2.02. The van der Waals surface area contributed by atoms with E-state index in [4.69, 9.17) is 23.2 Å². The van der Waals surface area contributed by atoms with Crippen LogP contribution in [0.1, 0.15) is 30.9 Å². The van der Waals surface area contributed by atoms with Crippen molar-refractivity contribution >= 4 is 50.7 Å². The van der Waals surface area contributed by atoms with Crippen LogP contribution in [0.2, 0.25) is 10.0 Å². The first-order chi connectivity index (χ1) is 15.4. The summed E-state index contributed by atoms with van der Waals surface area (Å²) in [6.07, 6.45) is 1.50. The van der Waals surface area contributed by atoms with Gasteiger partial charge in [0.1, 0.15) is 6.04 Å². The van der Waals surface area contributed by atoms with Crippen LogP contribution in [0.4, 0.5) is 5.69 Å². The molecular formula is C23H29Cl2N3O4S. The molecule has 0 spiro atoms. The molecule has 1 atom stereocenters. The number of halogens is 2. The largest absolute Gasteiger partial charge is 0.357 e. The molecule has 0 saturated heterocycles. The topological polar surface area (TPSA) is 86.8 Å². The van der Waals surface area contributed by atoms with Gasteiger partial charge in [-0.25, -0.2) is 8.42 Å². The molecule has 0 radical (unpaired) electrons. The average molecular weight is 514 g/mol. The number of benzene rings is 2. The molecule has 0 aliphatic rings. The highest BCUT2D eigenvalue weighted by Crippen LogP contribution is 2.24. The summed E-state index contributed by atoms with van der Waals surface area (Å²) in [5.74, 6) is -0.574. The van der Waals surface area contributed by atoms with E-state index in [2.05, 4.69) is 5.32 Å². The Labute approximate surface area is 205 Å². The fourth-order valence-corrected chi connectivity index (χ4v) is 4.63. The predicted molar refractivity (Wildman–Crippen MR) is 133 cm³/mol. The quantitative estimate of drug-likeness (QED) is 0.519. The molecule has 0 unspecified atom stereocenters. The number of carbonyl (C=O) groups is 2. The Balaban J connectivity index is 2.15. The van der Waals surface area contributed by atoms with Crippen molar-refractivity contribution in [2.75, 3.05) is 24.2 Å². The predicted octanol–water partition coefficient (Wildman–Crippen LogP) is 4.01. The Morgan fingerprint density at radius 3 is 2.24 bits per heavy atom. The van der Waals surface area contributed by atoms with Crippen molar-refractivity contribution in [1.29, 1.82) is 0 Å². The maximum atomic E-state index is 13.1. The van der Waals surface area contributed by atoms with E-state index in [1.807, 2.05) is 19.1 Å². The average Bonchev–Trinajstić information content (AvgIpc) is 2.76. The zero-order chi connectivity index (χ0) is 24.8. The normalized spacial score (nSPS) is 12.2. The molecule has 0 bridgehead atoms. The van der Waals surface area contributed by atoms with Crippen LogP contribution < -0.4 is 9.62 Å². The van der Waals surface area contributed by atoms with E-state index in [-0.39, 0.29) is 37.7 Å². The van der Waals surface area contributed by atoms with E-state index in [1.54, 1.807) is 37.3 Å². The van der Waals surface area contributed by atoms with Crippen LogP contribution in [0, 0.1) is 6.92 Å². The molecule has 180 valence electrons. The van der Waals surface area contributed by atoms with Gasteiger partial charge >= 0.3 is 0 Å². The van der Waals surface area contributed by atoms with Gasteiger partial charge in [0, 0.05) is 26.6 Å². The first-order valence-corrected chi connectivity index (χ1v) is 13.0. The second-order valence-corrected chi connectivity index (χ2v) is 10.6. The van der Waals surface area contributed by atoms with E-state index < -0.39 is 16.1 Å². The Morgan fingerprint density at radius 2 is 1.70 bits per heavy atom. The number of rotatable bonds is 10. The molecule has 0 saturated carbocycles. The number of sulfonamides is 1. The molecule has 2 rings (SSSR count). The summed E-state index contributed by atoms with van der Waals surface area (Å²) in [6.45, 7) is 3.87. The number of carbonyl (C=O) groups excluding carboxylic acids is 2. The molecule has 2 aromatic carbocycles. The molecule has 2 aromatic rings. The maximum absolute atomic E-state index is 13.1. The number of amides is 2. The Kier molecular flexibility index (Phi) is 9.57. The summed E-state index contributed by atoms with van der Waals surface area (Å²) in [6, 6.07) is 11.5. The molecule has 33 heavy (non-hydrogen) atoms. The summed E-state index contributed by atoms with van der Waals surface area (Å²) in [5, 5.41) is 3.31. The van der Waals surface area contributed by atoms with Crippen molar-refractivity contribution in [3.63, 3.8) is 0 Å². The zero-order valence-electron chi connectivity index (χ0n) is 19.1. The van der Waals surface area contributed by atoms with E-state index in [1.165, 1.54) is 16.3 Å². The third kappa shape index (κ3) is 7.62. The summed E-state index contributed by atoms with van der Waals surface area (Å²) >= 11 is 12.1. The molecule has 10 heteroatoms. The van der Waals surface area contributed by atoms with Gasteiger partial charge in [0.15, 0.2) is 0 Å². The molecular weight excluding hydrogens is 485 g/mol. The molecule has 0 aliphatic carbocycles. The lowest BCUT2D eigenvalue weighted by Gasteiger charge is -2.29. The van der Waals surface area contributed by atoms with Gasteiger partial charge in [0.2, 0.25) is 21.8 Å². The first kappa shape index (κ1) is 27.0. The highest BCUT2D eigenvalue weighted by Gasteiger charge is 2.26. The number of aryl methyl sites for hydroxylation is 1. The van der Waals surface area contributed by atoms with Crippen molar-refractivity contribution in [3.05, 3.63) is 63.6 Å². The van der Waals surface area contributed by atoms with Crippen LogP contribution in [0.3, 0.4) is 0 Å². The van der Waals surface area contributed by atoms with Crippen LogP contribution in [-0.4, -0.2) is 51.0 Å². The van der Waals surface area contributed by atoms with E-state index in [0.717, 1.165) is 17.4 Å². The van der Waals surface area contributed by atoms with Gasteiger partial charge in [-0.15, -0.1) is 0 Å². The minimum Gasteiger partial charge on any atom is -0.357 e. The monoisotopic (exact) mass is 513 g/mol. The van der Waals surface area contributed by atoms with Crippen molar-refractivity contribution < 1.29 is 18.0 Å². The maximum Gasteiger partial charge on any atom is 0.242 e. The second-order valence-electron chi connectivity index (χ2n) is 7.83. The second kappa shape index (κ2) is 11.7. The van der Waals surface area contributed by atoms with Crippen LogP contribution in [0.5, 0.6) is 0 Å². The van der Waals surface area contributed by atoms with Crippen LogP contribution in [0.25, 0.3) is 0 Å². The van der Waals surface area contributed by atoms with Crippen molar-refractivity contribution in [2.45, 2.75) is 39.3 Å². The van der Waals surface area contributed by atoms with Gasteiger partial charge in [-0.05, 0) is 50.1 Å². The number of nitrogens with zero attached hydrogens (tertiary/aromatic N) is 2. The highest BCUT2D eigenvalue weighted by molar-refractivity contribution is 7.92. The van der Waals surface area contributed by atoms with Crippen molar-refractivity contribution in [1.82, 2.24) is 10.2 Å². The third-order valence-corrected chi connectivity index (χ3v) is 7.16. The standard InChI is InChI=1S/C23H29Cl2N3O4S/c1-16-7-10-19(11-8-16)28(33(4,31)32)13-5-6-22(29)27(17(2)23(30)26-3)15-18-9-12-20(24)21(25)14-18/h7-12,14,17H,5-6,13,15H2,1-4H3,(H,26,30)/t17-/m0/s1. The molecule has 1 N–H and O–H groups in total. The van der Waals surface area contributed by atoms with Crippen molar-refractivity contribution in [3.8, 4) is 0 Å². The Bertz CT molecular complexity index is 1090. The first-order valence-electron chi connectivity index (χ1n) is 10.4. The fourth-order valence-electron chi connectivity index (χ4n) is 3.34. The number of hydrogen-bond acceptors (Lipinski definition) is 4. The summed E-state index contributed by atoms with van der Waals surface area (Å²) in [4.78, 5) is 26.8. The van der Waals surface area contributed by atoms with Gasteiger partial charge in [-0.3, -0.25) is 13.9 Å². The molecule has 0 aromatic heterocycles. The third-order valence-electron chi connectivity index (χ3n) is 5.22. The minimum atomic E-state index is -3.52. The molecule has 0 fully saturated rings. The lowest BCUT2D eigenvalue weighted by atomic mass is 10.1. The summed E-state index contributed by atoms with van der Waals surface area (Å²) < 4.78 is 25.9.